The fourth-order valence-corrected chi connectivity index (χ4v) is 1.98. The minimum absolute atomic E-state index is 0.705. The molecule has 1 heterocycles. The van der Waals surface area contributed by atoms with Crippen molar-refractivity contribution in [1.29, 1.82) is 0 Å². The second-order valence-electron chi connectivity index (χ2n) is 2.74. The van der Waals surface area contributed by atoms with Crippen LogP contribution >= 0.6 is 11.6 Å². The summed E-state index contributed by atoms with van der Waals surface area (Å²) in [7, 11) is 0. The molecular weight excluding hydrogens is 251 g/mol. The van der Waals surface area contributed by atoms with E-state index in [9.17, 15) is 0 Å². The molecule has 0 aliphatic heterocycles. The van der Waals surface area contributed by atoms with Crippen LogP contribution < -0.4 is 4.59 Å². The van der Waals surface area contributed by atoms with Gasteiger partial charge in [0.1, 0.15) is 0 Å². The third-order valence-corrected chi connectivity index (χ3v) is 2.62. The molecule has 0 amide bonds. The van der Waals surface area contributed by atoms with Crippen LogP contribution in [0, 0.1) is 6.92 Å². The molecular formula is C9H6ClN2Se. The van der Waals surface area contributed by atoms with Crippen LogP contribution in [0.15, 0.2) is 18.2 Å². The first kappa shape index (κ1) is 8.95. The summed E-state index contributed by atoms with van der Waals surface area (Å²) in [6.45, 7) is 1.87. The van der Waals surface area contributed by atoms with E-state index in [1.54, 1.807) is 0 Å². The van der Waals surface area contributed by atoms with Crippen molar-refractivity contribution in [2.24, 2.45) is 0 Å². The molecule has 2 rings (SSSR count). The molecule has 0 unspecified atom stereocenters. The van der Waals surface area contributed by atoms with Crippen molar-refractivity contribution in [3.05, 3.63) is 29.0 Å². The van der Waals surface area contributed by atoms with Crippen LogP contribution in [0.1, 0.15) is 5.82 Å². The average Bonchev–Trinajstić information content (AvgIpc) is 2.06. The first-order valence-corrected chi connectivity index (χ1v) is 5.01. The van der Waals surface area contributed by atoms with Crippen LogP contribution in [-0.2, 0) is 0 Å². The summed E-state index contributed by atoms with van der Waals surface area (Å²) in [6.07, 6.45) is 0. The van der Waals surface area contributed by atoms with Crippen LogP contribution in [0.5, 0.6) is 0 Å². The van der Waals surface area contributed by atoms with Gasteiger partial charge in [-0.15, -0.1) is 0 Å². The molecule has 1 aromatic carbocycles. The van der Waals surface area contributed by atoms with Crippen molar-refractivity contribution in [1.82, 2.24) is 9.97 Å². The number of fused-ring (bicyclic) bond motifs is 1. The van der Waals surface area contributed by atoms with Crippen molar-refractivity contribution in [2.75, 3.05) is 0 Å². The average molecular weight is 257 g/mol. The van der Waals surface area contributed by atoms with E-state index in [1.807, 2.05) is 25.1 Å². The Morgan fingerprint density at radius 1 is 1.31 bits per heavy atom. The molecule has 0 atom stereocenters. The van der Waals surface area contributed by atoms with Gasteiger partial charge in [-0.3, -0.25) is 0 Å². The van der Waals surface area contributed by atoms with E-state index in [-0.39, 0.29) is 0 Å². The quantitative estimate of drug-likeness (QED) is 0.666. The first-order chi connectivity index (χ1) is 6.16. The Balaban J connectivity index is 2.87. The van der Waals surface area contributed by atoms with Crippen molar-refractivity contribution in [3.63, 3.8) is 0 Å². The molecule has 2 nitrogen and oxygen atoms in total. The van der Waals surface area contributed by atoms with E-state index in [2.05, 4.69) is 26.0 Å². The fourth-order valence-electron chi connectivity index (χ4n) is 1.18. The summed E-state index contributed by atoms with van der Waals surface area (Å²) in [6, 6.07) is 5.59. The van der Waals surface area contributed by atoms with E-state index in [4.69, 9.17) is 11.6 Å². The normalized spacial score (nSPS) is 10.6. The van der Waals surface area contributed by atoms with Crippen LogP contribution in [0.2, 0.25) is 5.02 Å². The van der Waals surface area contributed by atoms with E-state index in [0.29, 0.717) is 5.02 Å². The van der Waals surface area contributed by atoms with Gasteiger partial charge < -0.3 is 0 Å². The van der Waals surface area contributed by atoms with Crippen LogP contribution in [0.4, 0.5) is 0 Å². The number of benzene rings is 1. The maximum absolute atomic E-state index is 5.86. The van der Waals surface area contributed by atoms with Gasteiger partial charge in [0, 0.05) is 0 Å². The summed E-state index contributed by atoms with van der Waals surface area (Å²) in [5, 5.41) is 1.68. The molecule has 0 bridgehead atoms. The van der Waals surface area contributed by atoms with E-state index in [0.717, 1.165) is 21.3 Å². The van der Waals surface area contributed by atoms with Gasteiger partial charge in [-0.2, -0.15) is 0 Å². The van der Waals surface area contributed by atoms with Crippen molar-refractivity contribution < 1.29 is 0 Å². The summed E-state index contributed by atoms with van der Waals surface area (Å²) >= 11 is 8.76. The van der Waals surface area contributed by atoms with Gasteiger partial charge in [0.25, 0.3) is 0 Å². The number of aryl methyl sites for hydroxylation is 1. The number of rotatable bonds is 0. The first-order valence-electron chi connectivity index (χ1n) is 3.78. The zero-order valence-corrected chi connectivity index (χ0v) is 9.38. The molecule has 0 fully saturated rings. The summed E-state index contributed by atoms with van der Waals surface area (Å²) < 4.78 is 0.852. The number of hydrogen-bond donors (Lipinski definition) is 0. The molecule has 13 heavy (non-hydrogen) atoms. The van der Waals surface area contributed by atoms with Crippen LogP contribution in [0.3, 0.4) is 0 Å². The Morgan fingerprint density at radius 2 is 2.08 bits per heavy atom. The second kappa shape index (κ2) is 3.26. The molecule has 2 aromatic rings. The van der Waals surface area contributed by atoms with Gasteiger partial charge in [0.15, 0.2) is 0 Å². The van der Waals surface area contributed by atoms with Crippen molar-refractivity contribution in [2.45, 2.75) is 6.92 Å². The third kappa shape index (κ3) is 1.68. The van der Waals surface area contributed by atoms with E-state index < -0.39 is 0 Å². The minimum atomic E-state index is 0.705. The second-order valence-corrected chi connectivity index (χ2v) is 3.99. The Labute approximate surface area is 89.2 Å². The van der Waals surface area contributed by atoms with Gasteiger partial charge in [0.2, 0.25) is 0 Å². The van der Waals surface area contributed by atoms with Gasteiger partial charge in [-0.25, -0.2) is 0 Å². The van der Waals surface area contributed by atoms with E-state index >= 15 is 0 Å². The van der Waals surface area contributed by atoms with Gasteiger partial charge in [0.05, 0.1) is 0 Å². The number of aromatic nitrogens is 2. The number of hydrogen-bond acceptors (Lipinski definition) is 2. The molecule has 4 heteroatoms. The standard InChI is InChI=1S/C9H6ClN2Se/c1-5-11-8-3-2-6(10)4-7(8)9(13)12-5/h2-4H,1H3. The summed E-state index contributed by atoms with van der Waals surface area (Å²) in [4.78, 5) is 8.51. The summed E-state index contributed by atoms with van der Waals surface area (Å²) in [5.74, 6) is 0.767. The Hall–Kier alpha value is -0.631. The van der Waals surface area contributed by atoms with Crippen molar-refractivity contribution >= 4 is 43.1 Å². The van der Waals surface area contributed by atoms with Gasteiger partial charge in [-0.1, -0.05) is 0 Å². The predicted molar refractivity (Wildman–Crippen MR) is 54.7 cm³/mol. The Kier molecular flexibility index (Phi) is 2.24. The zero-order chi connectivity index (χ0) is 9.42. The zero-order valence-electron chi connectivity index (χ0n) is 6.91. The molecule has 0 saturated carbocycles. The van der Waals surface area contributed by atoms with Gasteiger partial charge in [-0.05, 0) is 0 Å². The molecule has 1 radical (unpaired) electrons. The summed E-state index contributed by atoms with van der Waals surface area (Å²) in [5.41, 5.74) is 0.922. The molecule has 0 spiro atoms. The van der Waals surface area contributed by atoms with Crippen molar-refractivity contribution in [3.8, 4) is 0 Å². The topological polar surface area (TPSA) is 25.8 Å². The van der Waals surface area contributed by atoms with Crippen LogP contribution in [0.25, 0.3) is 10.9 Å². The monoisotopic (exact) mass is 257 g/mol. The number of halogens is 1. The third-order valence-electron chi connectivity index (χ3n) is 1.73. The van der Waals surface area contributed by atoms with Crippen LogP contribution in [-0.4, -0.2) is 26.0 Å². The molecule has 0 aliphatic carbocycles. The maximum atomic E-state index is 5.86. The fraction of sp³-hybridized carbons (Fsp3) is 0.111. The number of nitrogens with zero attached hydrogens (tertiary/aromatic N) is 2. The molecule has 65 valence electrons. The Morgan fingerprint density at radius 3 is 2.85 bits per heavy atom. The predicted octanol–water partition coefficient (Wildman–Crippen LogP) is 1.39. The van der Waals surface area contributed by atoms with E-state index in [1.165, 1.54) is 0 Å². The Bertz CT molecular complexity index is 470. The van der Waals surface area contributed by atoms with Gasteiger partial charge >= 0.3 is 89.0 Å². The molecule has 1 aromatic heterocycles. The molecule has 0 saturated heterocycles. The SMILES string of the molecule is Cc1nc([Se])c2cc(Cl)ccc2n1. The molecule has 0 aliphatic rings. The molecule has 0 N–H and O–H groups in total.